The molecule has 5 nitrogen and oxygen atoms in total. The topological polar surface area (TPSA) is 84.3 Å². The van der Waals surface area contributed by atoms with Gasteiger partial charge in [0.25, 0.3) is 6.01 Å². The summed E-state index contributed by atoms with van der Waals surface area (Å²) < 4.78 is 5.37. The van der Waals surface area contributed by atoms with Crippen LogP contribution in [0.15, 0.2) is 59.2 Å². The third kappa shape index (κ3) is 2.56. The summed E-state index contributed by atoms with van der Waals surface area (Å²) in [5.74, 6) is 0.213. The summed E-state index contributed by atoms with van der Waals surface area (Å²) in [4.78, 5) is 4.35. The van der Waals surface area contributed by atoms with Crippen LogP contribution in [-0.2, 0) is 0 Å². The van der Waals surface area contributed by atoms with Crippen molar-refractivity contribution < 1.29 is 9.52 Å². The monoisotopic (exact) mass is 267 g/mol. The van der Waals surface area contributed by atoms with Crippen LogP contribution in [0, 0.1) is 0 Å². The molecule has 20 heavy (non-hydrogen) atoms. The smallest absolute Gasteiger partial charge is 0.299 e. The SMILES string of the molecule is Nc1ccc(-c2coc(Nc3ccc(O)cc3)n2)cc1. The maximum atomic E-state index is 9.22. The van der Waals surface area contributed by atoms with E-state index < -0.39 is 0 Å². The van der Waals surface area contributed by atoms with Crippen molar-refractivity contribution in [3.8, 4) is 17.0 Å². The predicted octanol–water partition coefficient (Wildman–Crippen LogP) is 3.37. The molecule has 0 amide bonds. The average molecular weight is 267 g/mol. The molecule has 2 aromatic carbocycles. The van der Waals surface area contributed by atoms with Crippen LogP contribution < -0.4 is 11.1 Å². The Morgan fingerprint density at radius 1 is 1.00 bits per heavy atom. The quantitative estimate of drug-likeness (QED) is 0.500. The highest BCUT2D eigenvalue weighted by molar-refractivity contribution is 5.63. The first-order valence-electron chi connectivity index (χ1n) is 6.08. The van der Waals surface area contributed by atoms with Gasteiger partial charge in [-0.15, -0.1) is 0 Å². The van der Waals surface area contributed by atoms with Crippen molar-refractivity contribution in [3.63, 3.8) is 0 Å². The fourth-order valence-electron chi connectivity index (χ4n) is 1.79. The highest BCUT2D eigenvalue weighted by Gasteiger charge is 2.06. The molecule has 0 atom stereocenters. The lowest BCUT2D eigenvalue weighted by Gasteiger charge is -2.00. The van der Waals surface area contributed by atoms with Crippen LogP contribution in [0.3, 0.4) is 0 Å². The number of nitrogen functional groups attached to an aromatic ring is 1. The van der Waals surface area contributed by atoms with Gasteiger partial charge in [0.1, 0.15) is 17.7 Å². The molecule has 0 bridgehead atoms. The highest BCUT2D eigenvalue weighted by Crippen LogP contribution is 2.24. The van der Waals surface area contributed by atoms with Gasteiger partial charge in [-0.1, -0.05) is 12.1 Å². The van der Waals surface area contributed by atoms with Crippen molar-refractivity contribution >= 4 is 17.4 Å². The van der Waals surface area contributed by atoms with Crippen LogP contribution in [0.5, 0.6) is 5.75 Å². The van der Waals surface area contributed by atoms with Gasteiger partial charge >= 0.3 is 0 Å². The Bertz CT molecular complexity index is 703. The maximum absolute atomic E-state index is 9.22. The molecule has 0 radical (unpaired) electrons. The van der Waals surface area contributed by atoms with E-state index in [1.54, 1.807) is 30.5 Å². The molecule has 0 unspecified atom stereocenters. The normalized spacial score (nSPS) is 10.4. The fraction of sp³-hybridized carbons (Fsp3) is 0. The molecule has 0 spiro atoms. The molecule has 0 saturated heterocycles. The number of phenolic OH excluding ortho intramolecular Hbond substituents is 1. The third-order valence-corrected chi connectivity index (χ3v) is 2.83. The van der Waals surface area contributed by atoms with Gasteiger partial charge in [0, 0.05) is 16.9 Å². The molecule has 3 aromatic rings. The fourth-order valence-corrected chi connectivity index (χ4v) is 1.79. The van der Waals surface area contributed by atoms with Crippen molar-refractivity contribution in [2.45, 2.75) is 0 Å². The number of oxazole rings is 1. The number of anilines is 3. The zero-order valence-corrected chi connectivity index (χ0v) is 10.6. The molecule has 3 rings (SSSR count). The molecule has 1 aromatic heterocycles. The lowest BCUT2D eigenvalue weighted by atomic mass is 10.1. The molecule has 0 aliphatic heterocycles. The van der Waals surface area contributed by atoms with Crippen LogP contribution in [0.25, 0.3) is 11.3 Å². The maximum Gasteiger partial charge on any atom is 0.299 e. The minimum Gasteiger partial charge on any atom is -0.508 e. The summed E-state index contributed by atoms with van der Waals surface area (Å²) >= 11 is 0. The standard InChI is InChI=1S/C15H13N3O2/c16-11-3-1-10(2-4-11)14-9-20-15(18-14)17-12-5-7-13(19)8-6-12/h1-9,19H,16H2,(H,17,18). The van der Waals surface area contributed by atoms with Crippen LogP contribution in [0.2, 0.25) is 0 Å². The van der Waals surface area contributed by atoms with Gasteiger partial charge < -0.3 is 20.6 Å². The van der Waals surface area contributed by atoms with E-state index in [1.807, 2.05) is 24.3 Å². The van der Waals surface area contributed by atoms with Gasteiger partial charge in [0.05, 0.1) is 0 Å². The molecule has 0 aliphatic rings. The second-order valence-electron chi connectivity index (χ2n) is 4.33. The van der Waals surface area contributed by atoms with Crippen LogP contribution in [-0.4, -0.2) is 10.1 Å². The molecule has 0 fully saturated rings. The zero-order valence-electron chi connectivity index (χ0n) is 10.6. The van der Waals surface area contributed by atoms with Gasteiger partial charge in [-0.05, 0) is 36.4 Å². The molecule has 0 aliphatic carbocycles. The molecule has 5 heteroatoms. The number of phenols is 1. The second-order valence-corrected chi connectivity index (χ2v) is 4.33. The number of aromatic nitrogens is 1. The van der Waals surface area contributed by atoms with Crippen molar-refractivity contribution in [2.75, 3.05) is 11.1 Å². The lowest BCUT2D eigenvalue weighted by molar-refractivity contribution is 0.475. The van der Waals surface area contributed by atoms with E-state index in [0.29, 0.717) is 11.7 Å². The predicted molar refractivity (Wildman–Crippen MR) is 77.7 cm³/mol. The van der Waals surface area contributed by atoms with E-state index in [2.05, 4.69) is 10.3 Å². The lowest BCUT2D eigenvalue weighted by Crippen LogP contribution is -1.90. The highest BCUT2D eigenvalue weighted by atomic mass is 16.4. The number of benzene rings is 2. The van der Waals surface area contributed by atoms with E-state index in [4.69, 9.17) is 10.2 Å². The zero-order chi connectivity index (χ0) is 13.9. The van der Waals surface area contributed by atoms with Crippen molar-refractivity contribution in [1.29, 1.82) is 0 Å². The van der Waals surface area contributed by atoms with E-state index in [-0.39, 0.29) is 5.75 Å². The number of aromatic hydroxyl groups is 1. The molecule has 0 saturated carbocycles. The number of nitrogens with zero attached hydrogens (tertiary/aromatic N) is 1. The van der Waals surface area contributed by atoms with Gasteiger partial charge in [-0.3, -0.25) is 0 Å². The number of nitrogens with one attached hydrogen (secondary N) is 1. The van der Waals surface area contributed by atoms with Gasteiger partial charge in [0.2, 0.25) is 0 Å². The van der Waals surface area contributed by atoms with E-state index in [0.717, 1.165) is 16.9 Å². The molecular weight excluding hydrogens is 254 g/mol. The average Bonchev–Trinajstić information content (AvgIpc) is 2.91. The summed E-state index contributed by atoms with van der Waals surface area (Å²) in [5, 5.41) is 12.2. The Morgan fingerprint density at radius 2 is 1.70 bits per heavy atom. The molecular formula is C15H13N3O2. The molecule has 4 N–H and O–H groups in total. The van der Waals surface area contributed by atoms with Crippen molar-refractivity contribution in [3.05, 3.63) is 54.8 Å². The van der Waals surface area contributed by atoms with Crippen molar-refractivity contribution in [1.82, 2.24) is 4.98 Å². The molecule has 1 heterocycles. The second kappa shape index (κ2) is 4.97. The third-order valence-electron chi connectivity index (χ3n) is 2.83. The number of hydrogen-bond donors (Lipinski definition) is 3. The minimum atomic E-state index is 0.213. The summed E-state index contributed by atoms with van der Waals surface area (Å²) in [7, 11) is 0. The molecule has 100 valence electrons. The summed E-state index contributed by atoms with van der Waals surface area (Å²) in [6.07, 6.45) is 1.58. The first kappa shape index (κ1) is 12.1. The first-order chi connectivity index (χ1) is 9.70. The Balaban J connectivity index is 1.80. The summed E-state index contributed by atoms with van der Waals surface area (Å²) in [5.41, 5.74) is 8.80. The van der Waals surface area contributed by atoms with Gasteiger partial charge in [-0.25, -0.2) is 0 Å². The Hall–Kier alpha value is -2.95. The Morgan fingerprint density at radius 3 is 2.40 bits per heavy atom. The van der Waals surface area contributed by atoms with E-state index in [1.165, 1.54) is 0 Å². The van der Waals surface area contributed by atoms with E-state index in [9.17, 15) is 5.11 Å². The summed E-state index contributed by atoms with van der Waals surface area (Å²) in [6, 6.07) is 14.5. The Kier molecular flexibility index (Phi) is 3.01. The Labute approximate surface area is 115 Å². The summed E-state index contributed by atoms with van der Waals surface area (Å²) in [6.45, 7) is 0. The first-order valence-corrected chi connectivity index (χ1v) is 6.08. The number of rotatable bonds is 3. The van der Waals surface area contributed by atoms with Gasteiger partial charge in [0.15, 0.2) is 0 Å². The van der Waals surface area contributed by atoms with Crippen molar-refractivity contribution in [2.24, 2.45) is 0 Å². The van der Waals surface area contributed by atoms with Gasteiger partial charge in [-0.2, -0.15) is 4.98 Å². The van der Waals surface area contributed by atoms with Crippen LogP contribution in [0.4, 0.5) is 17.4 Å². The minimum absolute atomic E-state index is 0.213. The number of nitrogens with two attached hydrogens (primary N) is 1. The number of hydrogen-bond acceptors (Lipinski definition) is 5. The van der Waals surface area contributed by atoms with E-state index >= 15 is 0 Å². The largest absolute Gasteiger partial charge is 0.508 e. The van der Waals surface area contributed by atoms with Crippen LogP contribution >= 0.6 is 0 Å². The van der Waals surface area contributed by atoms with Crippen LogP contribution in [0.1, 0.15) is 0 Å².